The number of benzene rings is 1. The molecule has 1 atom stereocenters. The van der Waals surface area contributed by atoms with Crippen LogP contribution in [-0.2, 0) is 6.61 Å². The van der Waals surface area contributed by atoms with Crippen LogP contribution in [0.3, 0.4) is 0 Å². The van der Waals surface area contributed by atoms with Crippen molar-refractivity contribution in [2.75, 3.05) is 6.54 Å². The molecule has 0 saturated carbocycles. The Kier molecular flexibility index (Phi) is 7.21. The summed E-state index contributed by atoms with van der Waals surface area (Å²) in [5.41, 5.74) is 7.22. The first-order chi connectivity index (χ1) is 11.6. The normalized spacial score (nSPS) is 12.0. The average Bonchev–Trinajstić information content (AvgIpc) is 3.02. The number of thiazole rings is 1. The highest BCUT2D eigenvalue weighted by Crippen LogP contribution is 2.16. The average molecular weight is 347 g/mol. The van der Waals surface area contributed by atoms with Gasteiger partial charge in [0.1, 0.15) is 12.4 Å². The summed E-state index contributed by atoms with van der Waals surface area (Å²) in [4.78, 5) is 16.7. The number of rotatable bonds is 9. The van der Waals surface area contributed by atoms with Gasteiger partial charge in [-0.15, -0.1) is 11.3 Å². The fraction of sp³-hybridized carbons (Fsp3) is 0.444. The van der Waals surface area contributed by atoms with Crippen molar-refractivity contribution in [1.29, 1.82) is 0 Å². The quantitative estimate of drug-likeness (QED) is 0.730. The van der Waals surface area contributed by atoms with Crippen molar-refractivity contribution in [2.24, 2.45) is 5.73 Å². The zero-order valence-corrected chi connectivity index (χ0v) is 15.1. The summed E-state index contributed by atoms with van der Waals surface area (Å²) < 4.78 is 5.73. The fourth-order valence-electron chi connectivity index (χ4n) is 2.33. The molecule has 1 amide bonds. The molecule has 24 heavy (non-hydrogen) atoms. The van der Waals surface area contributed by atoms with Crippen molar-refractivity contribution < 1.29 is 9.53 Å². The van der Waals surface area contributed by atoms with E-state index in [1.807, 2.05) is 24.4 Å². The third kappa shape index (κ3) is 5.62. The molecule has 130 valence electrons. The number of ether oxygens (including phenoxy) is 1. The Bertz CT molecular complexity index is 657. The fourth-order valence-corrected chi connectivity index (χ4v) is 2.92. The van der Waals surface area contributed by atoms with Gasteiger partial charge in [-0.05, 0) is 31.5 Å². The van der Waals surface area contributed by atoms with E-state index in [2.05, 4.69) is 17.2 Å². The molecule has 3 N–H and O–H groups in total. The zero-order chi connectivity index (χ0) is 17.4. The highest BCUT2D eigenvalue weighted by molar-refractivity contribution is 7.09. The number of carbonyl (C=O) groups excluding carboxylic acids is 1. The second-order valence-corrected chi connectivity index (χ2v) is 6.78. The molecule has 1 unspecified atom stereocenters. The van der Waals surface area contributed by atoms with Gasteiger partial charge < -0.3 is 15.8 Å². The maximum absolute atomic E-state index is 12.4. The molecule has 6 heteroatoms. The zero-order valence-electron chi connectivity index (χ0n) is 14.2. The summed E-state index contributed by atoms with van der Waals surface area (Å²) in [7, 11) is 0. The van der Waals surface area contributed by atoms with Gasteiger partial charge in [0.15, 0.2) is 0 Å². The summed E-state index contributed by atoms with van der Waals surface area (Å²) in [5, 5.41) is 5.99. The molecular weight excluding hydrogens is 322 g/mol. The van der Waals surface area contributed by atoms with Gasteiger partial charge in [0.25, 0.3) is 5.91 Å². The lowest BCUT2D eigenvalue weighted by atomic mass is 10.1. The number of carbonyl (C=O) groups is 1. The molecule has 2 rings (SSSR count). The lowest BCUT2D eigenvalue weighted by Gasteiger charge is -2.16. The first-order valence-electron chi connectivity index (χ1n) is 8.27. The van der Waals surface area contributed by atoms with E-state index >= 15 is 0 Å². The Hall–Kier alpha value is -1.92. The van der Waals surface area contributed by atoms with Crippen LogP contribution in [0.2, 0.25) is 0 Å². The van der Waals surface area contributed by atoms with Gasteiger partial charge in [-0.25, -0.2) is 4.98 Å². The van der Waals surface area contributed by atoms with Crippen molar-refractivity contribution in [1.82, 2.24) is 10.3 Å². The number of aryl methyl sites for hydroxylation is 1. The predicted molar refractivity (Wildman–Crippen MR) is 97.5 cm³/mol. The number of aromatic nitrogens is 1. The van der Waals surface area contributed by atoms with Gasteiger partial charge >= 0.3 is 0 Å². The molecular formula is C18H25N3O2S. The smallest absolute Gasteiger partial charge is 0.251 e. The van der Waals surface area contributed by atoms with Crippen molar-refractivity contribution >= 4 is 17.2 Å². The Labute approximate surface area is 147 Å². The molecule has 1 aromatic heterocycles. The van der Waals surface area contributed by atoms with Crippen LogP contribution in [-0.4, -0.2) is 23.5 Å². The highest BCUT2D eigenvalue weighted by atomic mass is 32.1. The first kappa shape index (κ1) is 18.4. The maximum atomic E-state index is 12.4. The summed E-state index contributed by atoms with van der Waals surface area (Å²) in [6.45, 7) is 4.94. The minimum atomic E-state index is -0.114. The van der Waals surface area contributed by atoms with Crippen LogP contribution in [0.4, 0.5) is 0 Å². The Morgan fingerprint density at radius 1 is 1.46 bits per heavy atom. The van der Waals surface area contributed by atoms with Crippen LogP contribution < -0.4 is 15.8 Å². The van der Waals surface area contributed by atoms with E-state index in [0.29, 0.717) is 24.5 Å². The number of amides is 1. The monoisotopic (exact) mass is 347 g/mol. The first-order valence-corrected chi connectivity index (χ1v) is 9.15. The molecule has 0 spiro atoms. The van der Waals surface area contributed by atoms with E-state index in [9.17, 15) is 4.79 Å². The third-order valence-electron chi connectivity index (χ3n) is 3.68. The number of nitrogens with one attached hydrogen (secondary N) is 1. The summed E-state index contributed by atoms with van der Waals surface area (Å²) in [6, 6.07) is 7.21. The second kappa shape index (κ2) is 9.39. The highest BCUT2D eigenvalue weighted by Gasteiger charge is 2.12. The summed E-state index contributed by atoms with van der Waals surface area (Å²) >= 11 is 1.60. The van der Waals surface area contributed by atoms with Crippen LogP contribution in [0.1, 0.15) is 47.2 Å². The van der Waals surface area contributed by atoms with E-state index < -0.39 is 0 Å². The van der Waals surface area contributed by atoms with E-state index in [1.54, 1.807) is 23.5 Å². The number of nitrogens with two attached hydrogens (primary N) is 1. The lowest BCUT2D eigenvalue weighted by Crippen LogP contribution is -2.40. The molecule has 1 aromatic carbocycles. The molecule has 0 aliphatic rings. The molecule has 5 nitrogen and oxygen atoms in total. The van der Waals surface area contributed by atoms with Crippen molar-refractivity contribution in [3.63, 3.8) is 0 Å². The molecule has 0 aliphatic carbocycles. The van der Waals surface area contributed by atoms with Gasteiger partial charge in [-0.3, -0.25) is 4.79 Å². The standard InChI is InChI=1S/C18H25N3O2S/c1-3-4-7-15(10-19)21-18(22)14-6-5-8-17(9-14)23-11-16-12-24-13(2)20-16/h5-6,8-9,12,15H,3-4,7,10-11,19H2,1-2H3,(H,21,22). The molecule has 0 radical (unpaired) electrons. The van der Waals surface area contributed by atoms with Crippen molar-refractivity contribution in [3.8, 4) is 5.75 Å². The molecule has 0 bridgehead atoms. The van der Waals surface area contributed by atoms with Crippen molar-refractivity contribution in [2.45, 2.75) is 45.8 Å². The second-order valence-electron chi connectivity index (χ2n) is 5.72. The van der Waals surface area contributed by atoms with E-state index in [1.165, 1.54) is 0 Å². The number of unbranched alkanes of at least 4 members (excludes halogenated alkanes) is 1. The third-order valence-corrected chi connectivity index (χ3v) is 4.50. The largest absolute Gasteiger partial charge is 0.487 e. The minimum absolute atomic E-state index is 0.0139. The van der Waals surface area contributed by atoms with Crippen LogP contribution in [0.15, 0.2) is 29.6 Å². The molecule has 2 aromatic rings. The number of hydrogen-bond donors (Lipinski definition) is 2. The van der Waals surface area contributed by atoms with Gasteiger partial charge in [-0.1, -0.05) is 25.8 Å². The molecule has 0 saturated heterocycles. The summed E-state index contributed by atoms with van der Waals surface area (Å²) in [6.07, 6.45) is 3.04. The molecule has 1 heterocycles. The van der Waals surface area contributed by atoms with E-state index in [0.717, 1.165) is 30.0 Å². The Morgan fingerprint density at radius 2 is 2.29 bits per heavy atom. The number of hydrogen-bond acceptors (Lipinski definition) is 5. The summed E-state index contributed by atoms with van der Waals surface area (Å²) in [5.74, 6) is 0.544. The van der Waals surface area contributed by atoms with Gasteiger partial charge in [0.05, 0.1) is 10.7 Å². The topological polar surface area (TPSA) is 77.2 Å². The van der Waals surface area contributed by atoms with Gasteiger partial charge in [-0.2, -0.15) is 0 Å². The van der Waals surface area contributed by atoms with Crippen LogP contribution in [0.5, 0.6) is 5.75 Å². The number of nitrogens with zero attached hydrogens (tertiary/aromatic N) is 1. The van der Waals surface area contributed by atoms with Crippen molar-refractivity contribution in [3.05, 3.63) is 45.9 Å². The van der Waals surface area contributed by atoms with Gasteiger partial charge in [0.2, 0.25) is 0 Å². The SMILES string of the molecule is CCCCC(CN)NC(=O)c1cccc(OCc2csc(C)n2)c1. The Balaban J connectivity index is 1.94. The van der Waals surface area contributed by atoms with Crippen LogP contribution in [0, 0.1) is 6.92 Å². The predicted octanol–water partition coefficient (Wildman–Crippen LogP) is 3.28. The van der Waals surface area contributed by atoms with E-state index in [-0.39, 0.29) is 11.9 Å². The molecule has 0 fully saturated rings. The molecule has 0 aliphatic heterocycles. The lowest BCUT2D eigenvalue weighted by molar-refractivity contribution is 0.0935. The van der Waals surface area contributed by atoms with Crippen LogP contribution >= 0.6 is 11.3 Å². The van der Waals surface area contributed by atoms with Gasteiger partial charge in [0, 0.05) is 23.5 Å². The Morgan fingerprint density at radius 3 is 2.96 bits per heavy atom. The maximum Gasteiger partial charge on any atom is 0.251 e. The minimum Gasteiger partial charge on any atom is -0.487 e. The van der Waals surface area contributed by atoms with Crippen LogP contribution in [0.25, 0.3) is 0 Å². The van der Waals surface area contributed by atoms with E-state index in [4.69, 9.17) is 10.5 Å².